The first-order chi connectivity index (χ1) is 16.0. The van der Waals surface area contributed by atoms with Crippen LogP contribution in [0.5, 0.6) is 5.75 Å². The molecule has 0 bridgehead atoms. The van der Waals surface area contributed by atoms with Crippen LogP contribution >= 0.6 is 0 Å². The number of benzene rings is 2. The molecule has 0 atom stereocenters. The Balaban J connectivity index is 1.63. The number of nitrogens with one attached hydrogen (secondary N) is 2. The Hall–Kier alpha value is -4.33. The van der Waals surface area contributed by atoms with Crippen molar-refractivity contribution in [2.75, 3.05) is 5.32 Å². The van der Waals surface area contributed by atoms with Gasteiger partial charge in [-0.05, 0) is 56.3 Å². The minimum atomic E-state index is -0.368. The number of anilines is 2. The maximum absolute atomic E-state index is 13.3. The molecule has 33 heavy (non-hydrogen) atoms. The van der Waals surface area contributed by atoms with Crippen LogP contribution in [0.15, 0.2) is 88.4 Å². The zero-order valence-electron chi connectivity index (χ0n) is 18.3. The van der Waals surface area contributed by atoms with Crippen LogP contribution in [0.3, 0.4) is 0 Å². The third-order valence-corrected chi connectivity index (χ3v) is 4.70. The Bertz CT molecular complexity index is 1280. The van der Waals surface area contributed by atoms with Gasteiger partial charge in [-0.25, -0.2) is 0 Å². The molecule has 0 radical (unpaired) electrons. The average Bonchev–Trinajstić information content (AvgIpc) is 3.34. The summed E-state index contributed by atoms with van der Waals surface area (Å²) in [6, 6.07) is 19.6. The zero-order chi connectivity index (χ0) is 23.2. The lowest BCUT2D eigenvalue weighted by atomic mass is 10.2. The minimum Gasteiger partial charge on any atom is -0.487 e. The summed E-state index contributed by atoms with van der Waals surface area (Å²) >= 11 is 0. The van der Waals surface area contributed by atoms with Crippen molar-refractivity contribution >= 4 is 17.3 Å². The second-order valence-corrected chi connectivity index (χ2v) is 7.57. The van der Waals surface area contributed by atoms with E-state index < -0.39 is 0 Å². The molecule has 168 valence electrons. The number of hydrogen-bond donors (Lipinski definition) is 2. The molecule has 0 aliphatic carbocycles. The van der Waals surface area contributed by atoms with Gasteiger partial charge in [0.25, 0.3) is 11.5 Å². The lowest BCUT2D eigenvalue weighted by Gasteiger charge is -2.16. The number of rotatable bonds is 8. The molecule has 4 aromatic rings. The molecule has 0 saturated carbocycles. The van der Waals surface area contributed by atoms with E-state index >= 15 is 0 Å². The summed E-state index contributed by atoms with van der Waals surface area (Å²) in [5.41, 5.74) is 1.50. The maximum atomic E-state index is 13.3. The van der Waals surface area contributed by atoms with Gasteiger partial charge in [0.05, 0.1) is 30.8 Å². The number of hydrogen-bond acceptors (Lipinski definition) is 6. The first-order valence-electron chi connectivity index (χ1n) is 10.5. The molecule has 0 fully saturated rings. The molecule has 2 aromatic heterocycles. The molecule has 0 unspecified atom stereocenters. The van der Waals surface area contributed by atoms with E-state index in [1.165, 1.54) is 10.9 Å². The SMILES string of the molecule is CC(C)Oc1cnn(-c2ccccc2)c(=O)c1Nc1cccc(C(=O)NCc2ccco2)c1. The molecular formula is C25H24N4O4. The van der Waals surface area contributed by atoms with Crippen molar-refractivity contribution in [3.63, 3.8) is 0 Å². The summed E-state index contributed by atoms with van der Waals surface area (Å²) in [4.78, 5) is 25.9. The van der Waals surface area contributed by atoms with Crippen molar-refractivity contribution in [1.82, 2.24) is 15.1 Å². The van der Waals surface area contributed by atoms with E-state index in [0.29, 0.717) is 28.4 Å². The number of para-hydroxylation sites is 1. The highest BCUT2D eigenvalue weighted by Crippen LogP contribution is 2.25. The fraction of sp³-hybridized carbons (Fsp3) is 0.160. The van der Waals surface area contributed by atoms with E-state index in [-0.39, 0.29) is 29.8 Å². The van der Waals surface area contributed by atoms with Crippen LogP contribution in [0.2, 0.25) is 0 Å². The van der Waals surface area contributed by atoms with Gasteiger partial charge in [0.1, 0.15) is 5.76 Å². The van der Waals surface area contributed by atoms with Crippen LogP contribution in [0, 0.1) is 0 Å². The summed E-state index contributed by atoms with van der Waals surface area (Å²) in [6.45, 7) is 4.02. The molecule has 1 amide bonds. The Kier molecular flexibility index (Phi) is 6.54. The molecule has 2 heterocycles. The van der Waals surface area contributed by atoms with E-state index in [9.17, 15) is 9.59 Å². The van der Waals surface area contributed by atoms with Crippen LogP contribution in [-0.2, 0) is 6.54 Å². The van der Waals surface area contributed by atoms with E-state index in [4.69, 9.17) is 9.15 Å². The molecule has 2 aromatic carbocycles. The third kappa shape index (κ3) is 5.30. The van der Waals surface area contributed by atoms with Gasteiger partial charge >= 0.3 is 0 Å². The summed E-state index contributed by atoms with van der Waals surface area (Å²) in [7, 11) is 0. The number of nitrogens with zero attached hydrogens (tertiary/aromatic N) is 2. The van der Waals surface area contributed by atoms with Crippen LogP contribution < -0.4 is 20.9 Å². The standard InChI is InChI=1S/C25H24N4O4/c1-17(2)33-22-16-27-29(20-10-4-3-5-11-20)25(31)23(22)28-19-9-6-8-18(14-19)24(30)26-15-21-12-7-13-32-21/h3-14,16-17,28H,15H2,1-2H3,(H,26,30). The normalized spacial score (nSPS) is 10.8. The monoisotopic (exact) mass is 444 g/mol. The van der Waals surface area contributed by atoms with Crippen molar-refractivity contribution in [2.24, 2.45) is 0 Å². The van der Waals surface area contributed by atoms with E-state index in [1.54, 1.807) is 54.8 Å². The van der Waals surface area contributed by atoms with Crippen molar-refractivity contribution in [2.45, 2.75) is 26.5 Å². The van der Waals surface area contributed by atoms with Gasteiger partial charge in [-0.15, -0.1) is 0 Å². The average molecular weight is 444 g/mol. The van der Waals surface area contributed by atoms with E-state index in [2.05, 4.69) is 15.7 Å². The van der Waals surface area contributed by atoms with Crippen LogP contribution in [0.4, 0.5) is 11.4 Å². The molecule has 0 spiro atoms. The van der Waals surface area contributed by atoms with Crippen LogP contribution in [0.1, 0.15) is 30.0 Å². The molecular weight excluding hydrogens is 420 g/mol. The second-order valence-electron chi connectivity index (χ2n) is 7.57. The number of amides is 1. The minimum absolute atomic E-state index is 0.155. The Morgan fingerprint density at radius 3 is 2.64 bits per heavy atom. The predicted molar refractivity (Wildman–Crippen MR) is 125 cm³/mol. The van der Waals surface area contributed by atoms with Crippen molar-refractivity contribution in [3.05, 3.63) is 101 Å². The highest BCUT2D eigenvalue weighted by Gasteiger charge is 2.16. The lowest BCUT2D eigenvalue weighted by molar-refractivity contribution is 0.0948. The topological polar surface area (TPSA) is 98.4 Å². The van der Waals surface area contributed by atoms with Crippen LogP contribution in [-0.4, -0.2) is 21.8 Å². The van der Waals surface area contributed by atoms with Crippen molar-refractivity contribution in [3.8, 4) is 11.4 Å². The smallest absolute Gasteiger partial charge is 0.299 e. The highest BCUT2D eigenvalue weighted by atomic mass is 16.5. The highest BCUT2D eigenvalue weighted by molar-refractivity contribution is 5.95. The van der Waals surface area contributed by atoms with Gasteiger partial charge in [0.15, 0.2) is 11.4 Å². The van der Waals surface area contributed by atoms with Gasteiger partial charge in [-0.3, -0.25) is 9.59 Å². The molecule has 2 N–H and O–H groups in total. The molecule has 0 saturated heterocycles. The van der Waals surface area contributed by atoms with Gasteiger partial charge in [-0.1, -0.05) is 24.3 Å². The third-order valence-electron chi connectivity index (χ3n) is 4.70. The summed E-state index contributed by atoms with van der Waals surface area (Å²) in [6.07, 6.45) is 2.91. The number of carbonyl (C=O) groups is 1. The van der Waals surface area contributed by atoms with Crippen molar-refractivity contribution in [1.29, 1.82) is 0 Å². The molecule has 0 aliphatic rings. The second kappa shape index (κ2) is 9.86. The fourth-order valence-corrected chi connectivity index (χ4v) is 3.22. The summed E-state index contributed by atoms with van der Waals surface area (Å²) in [5.74, 6) is 0.728. The molecule has 8 heteroatoms. The van der Waals surface area contributed by atoms with Gasteiger partial charge < -0.3 is 19.8 Å². The molecule has 8 nitrogen and oxygen atoms in total. The summed E-state index contributed by atoms with van der Waals surface area (Å²) in [5, 5.41) is 10.2. The Morgan fingerprint density at radius 2 is 1.91 bits per heavy atom. The Morgan fingerprint density at radius 1 is 1.09 bits per heavy atom. The largest absolute Gasteiger partial charge is 0.487 e. The van der Waals surface area contributed by atoms with Crippen molar-refractivity contribution < 1.29 is 13.9 Å². The predicted octanol–water partition coefficient (Wildman–Crippen LogP) is 4.29. The fourth-order valence-electron chi connectivity index (χ4n) is 3.22. The van der Waals surface area contributed by atoms with E-state index in [0.717, 1.165) is 0 Å². The van der Waals surface area contributed by atoms with E-state index in [1.807, 2.05) is 32.0 Å². The zero-order valence-corrected chi connectivity index (χ0v) is 18.3. The lowest BCUT2D eigenvalue weighted by Crippen LogP contribution is -2.25. The van der Waals surface area contributed by atoms with Gasteiger partial charge in [-0.2, -0.15) is 9.78 Å². The van der Waals surface area contributed by atoms with Gasteiger partial charge in [0.2, 0.25) is 0 Å². The maximum Gasteiger partial charge on any atom is 0.299 e. The van der Waals surface area contributed by atoms with Gasteiger partial charge in [0, 0.05) is 11.3 Å². The van der Waals surface area contributed by atoms with Crippen LogP contribution in [0.25, 0.3) is 5.69 Å². The molecule has 4 rings (SSSR count). The first kappa shape index (κ1) is 21.9. The first-order valence-corrected chi connectivity index (χ1v) is 10.5. The quantitative estimate of drug-likeness (QED) is 0.421. The summed E-state index contributed by atoms with van der Waals surface area (Å²) < 4.78 is 12.4. The number of aromatic nitrogens is 2. The number of furan rings is 1. The Labute approximate surface area is 190 Å². The molecule has 0 aliphatic heterocycles. The number of ether oxygens (including phenoxy) is 1. The number of carbonyl (C=O) groups excluding carboxylic acids is 1.